The van der Waals surface area contributed by atoms with E-state index in [0.717, 1.165) is 18.5 Å². The highest BCUT2D eigenvalue weighted by molar-refractivity contribution is 6.61. The molecule has 0 aliphatic rings. The van der Waals surface area contributed by atoms with Crippen molar-refractivity contribution >= 4 is 28.4 Å². The zero-order valence-electron chi connectivity index (χ0n) is 13.8. The van der Waals surface area contributed by atoms with Gasteiger partial charge in [-0.2, -0.15) is 0 Å². The molecule has 0 heterocycles. The fourth-order valence-electron chi connectivity index (χ4n) is 2.00. The lowest BCUT2D eigenvalue weighted by Crippen LogP contribution is -2.18. The Labute approximate surface area is 147 Å². The summed E-state index contributed by atoms with van der Waals surface area (Å²) >= 11 is 4.97. The minimum Gasteiger partial charge on any atom is -0.449 e. The lowest BCUT2D eigenvalue weighted by atomic mass is 10.2. The van der Waals surface area contributed by atoms with Crippen molar-refractivity contribution < 1.29 is 13.9 Å². The Kier molecular flexibility index (Phi) is 8.65. The minimum absolute atomic E-state index is 0.239. The number of halogens is 2. The fourth-order valence-corrected chi connectivity index (χ4v) is 2.06. The molecule has 2 N–H and O–H groups in total. The van der Waals surface area contributed by atoms with E-state index in [4.69, 9.17) is 17.3 Å². The zero-order valence-corrected chi connectivity index (χ0v) is 14.6. The number of ether oxygens (including phenoxy) is 1. The SMILES string of the molecule is CCCN(C)c1ccc(N)cc1F.O=C(Cl)OCc1ccccc1. The molecule has 0 aliphatic heterocycles. The first-order valence-corrected chi connectivity index (χ1v) is 7.94. The summed E-state index contributed by atoms with van der Waals surface area (Å²) in [7, 11) is 1.87. The molecule has 2 aromatic carbocycles. The third kappa shape index (κ3) is 7.33. The van der Waals surface area contributed by atoms with Crippen molar-refractivity contribution in [3.63, 3.8) is 0 Å². The van der Waals surface area contributed by atoms with Crippen molar-refractivity contribution in [1.29, 1.82) is 0 Å². The lowest BCUT2D eigenvalue weighted by molar-refractivity contribution is 0.167. The Morgan fingerprint density at radius 2 is 1.92 bits per heavy atom. The van der Waals surface area contributed by atoms with Gasteiger partial charge in [0.05, 0.1) is 5.69 Å². The summed E-state index contributed by atoms with van der Waals surface area (Å²) in [6, 6.07) is 14.1. The molecule has 130 valence electrons. The first-order chi connectivity index (χ1) is 11.4. The number of benzene rings is 2. The van der Waals surface area contributed by atoms with Gasteiger partial charge in [-0.3, -0.25) is 0 Å². The van der Waals surface area contributed by atoms with Crippen molar-refractivity contribution in [2.75, 3.05) is 24.2 Å². The van der Waals surface area contributed by atoms with Gasteiger partial charge in [-0.05, 0) is 30.2 Å². The molecule has 0 saturated heterocycles. The van der Waals surface area contributed by atoms with Gasteiger partial charge in [-0.15, -0.1) is 0 Å². The van der Waals surface area contributed by atoms with Gasteiger partial charge in [0, 0.05) is 30.9 Å². The Hall–Kier alpha value is -2.27. The third-order valence-electron chi connectivity index (χ3n) is 3.14. The number of nitrogen functional groups attached to an aromatic ring is 1. The van der Waals surface area contributed by atoms with Gasteiger partial charge in [0.2, 0.25) is 0 Å². The molecule has 2 aromatic rings. The van der Waals surface area contributed by atoms with Crippen molar-refractivity contribution in [2.45, 2.75) is 20.0 Å². The highest BCUT2D eigenvalue weighted by Crippen LogP contribution is 2.20. The average Bonchev–Trinajstić information content (AvgIpc) is 2.54. The van der Waals surface area contributed by atoms with Crippen molar-refractivity contribution in [3.8, 4) is 0 Å². The molecule has 0 saturated carbocycles. The molecule has 6 heteroatoms. The predicted molar refractivity (Wildman–Crippen MR) is 96.9 cm³/mol. The molecule has 0 aromatic heterocycles. The second-order valence-corrected chi connectivity index (χ2v) is 5.45. The molecule has 0 bridgehead atoms. The van der Waals surface area contributed by atoms with Crippen LogP contribution in [0, 0.1) is 5.82 Å². The first kappa shape index (κ1) is 19.8. The van der Waals surface area contributed by atoms with E-state index in [9.17, 15) is 9.18 Å². The topological polar surface area (TPSA) is 55.6 Å². The van der Waals surface area contributed by atoms with Gasteiger partial charge in [0.25, 0.3) is 0 Å². The standard InChI is InChI=1S/C10H15FN2.C8H7ClO2/c1-3-6-13(2)10-5-4-8(12)7-9(10)11;9-8(10)11-6-7-4-2-1-3-5-7/h4-5,7H,3,6,12H2,1-2H3;1-5H,6H2. The Bertz CT molecular complexity index is 638. The van der Waals surface area contributed by atoms with E-state index in [1.54, 1.807) is 12.1 Å². The van der Waals surface area contributed by atoms with Crippen LogP contribution in [0.15, 0.2) is 48.5 Å². The summed E-state index contributed by atoms with van der Waals surface area (Å²) < 4.78 is 17.9. The Morgan fingerprint density at radius 1 is 1.25 bits per heavy atom. The van der Waals surface area contributed by atoms with Gasteiger partial charge in [0.15, 0.2) is 0 Å². The van der Waals surface area contributed by atoms with Crippen LogP contribution in [-0.4, -0.2) is 19.0 Å². The summed E-state index contributed by atoms with van der Waals surface area (Å²) in [6.07, 6.45) is 1.00. The van der Waals surface area contributed by atoms with Crippen LogP contribution < -0.4 is 10.6 Å². The van der Waals surface area contributed by atoms with Gasteiger partial charge >= 0.3 is 5.43 Å². The molecule has 0 fully saturated rings. The summed E-state index contributed by atoms with van der Waals surface area (Å²) in [6.45, 7) is 3.15. The van der Waals surface area contributed by atoms with Gasteiger partial charge < -0.3 is 15.4 Å². The van der Waals surface area contributed by atoms with E-state index in [0.29, 0.717) is 11.4 Å². The van der Waals surface area contributed by atoms with Crippen LogP contribution in [0.4, 0.5) is 20.6 Å². The van der Waals surface area contributed by atoms with Crippen LogP contribution >= 0.6 is 11.6 Å². The van der Waals surface area contributed by atoms with Gasteiger partial charge in [0.1, 0.15) is 12.4 Å². The average molecular weight is 353 g/mol. The van der Waals surface area contributed by atoms with E-state index in [1.165, 1.54) is 6.07 Å². The number of carbonyl (C=O) groups excluding carboxylic acids is 1. The molecular formula is C18H22ClFN2O2. The highest BCUT2D eigenvalue weighted by Gasteiger charge is 2.05. The molecule has 0 aliphatic carbocycles. The summed E-state index contributed by atoms with van der Waals surface area (Å²) in [5.74, 6) is -0.254. The van der Waals surface area contributed by atoms with Crippen LogP contribution in [-0.2, 0) is 11.3 Å². The highest BCUT2D eigenvalue weighted by atomic mass is 35.5. The quantitative estimate of drug-likeness (QED) is 0.619. The number of nitrogens with zero attached hydrogens (tertiary/aromatic N) is 1. The fraction of sp³-hybridized carbons (Fsp3) is 0.278. The molecule has 0 amide bonds. The molecule has 0 atom stereocenters. The number of nitrogens with two attached hydrogens (primary N) is 1. The molecule has 4 nitrogen and oxygen atoms in total. The van der Waals surface area contributed by atoms with Crippen LogP contribution in [0.25, 0.3) is 0 Å². The second-order valence-electron chi connectivity index (χ2n) is 5.14. The van der Waals surface area contributed by atoms with E-state index in [2.05, 4.69) is 11.7 Å². The van der Waals surface area contributed by atoms with E-state index < -0.39 is 5.43 Å². The first-order valence-electron chi connectivity index (χ1n) is 7.56. The zero-order chi connectivity index (χ0) is 17.9. The maximum absolute atomic E-state index is 13.3. The van der Waals surface area contributed by atoms with Crippen LogP contribution in [0.3, 0.4) is 0 Å². The summed E-state index contributed by atoms with van der Waals surface area (Å²) in [5.41, 5.74) is 6.68. The number of rotatable bonds is 5. The third-order valence-corrected chi connectivity index (χ3v) is 3.25. The predicted octanol–water partition coefficient (Wildman–Crippen LogP) is 4.82. The van der Waals surface area contributed by atoms with Gasteiger partial charge in [-0.1, -0.05) is 37.3 Å². The van der Waals surface area contributed by atoms with E-state index >= 15 is 0 Å². The number of hydrogen-bond acceptors (Lipinski definition) is 4. The normalized spacial score (nSPS) is 9.67. The summed E-state index contributed by atoms with van der Waals surface area (Å²) in [4.78, 5) is 12.0. The molecular weight excluding hydrogens is 331 g/mol. The van der Waals surface area contributed by atoms with Crippen molar-refractivity contribution in [2.24, 2.45) is 0 Å². The minimum atomic E-state index is -0.770. The smallest absolute Gasteiger partial charge is 0.404 e. The largest absolute Gasteiger partial charge is 0.449 e. The maximum atomic E-state index is 13.3. The molecule has 0 radical (unpaired) electrons. The lowest BCUT2D eigenvalue weighted by Gasteiger charge is -2.18. The maximum Gasteiger partial charge on any atom is 0.404 e. The molecule has 24 heavy (non-hydrogen) atoms. The van der Waals surface area contributed by atoms with E-state index in [-0.39, 0.29) is 12.4 Å². The summed E-state index contributed by atoms with van der Waals surface area (Å²) in [5, 5.41) is 0. The number of carbonyl (C=O) groups is 1. The number of hydrogen-bond donors (Lipinski definition) is 1. The van der Waals surface area contributed by atoms with Crippen LogP contribution in [0.1, 0.15) is 18.9 Å². The van der Waals surface area contributed by atoms with Crippen LogP contribution in [0.2, 0.25) is 0 Å². The Balaban J connectivity index is 0.000000243. The Morgan fingerprint density at radius 3 is 2.46 bits per heavy atom. The number of anilines is 2. The van der Waals surface area contributed by atoms with E-state index in [1.807, 2.05) is 42.3 Å². The van der Waals surface area contributed by atoms with Crippen LogP contribution in [0.5, 0.6) is 0 Å². The van der Waals surface area contributed by atoms with Crippen molar-refractivity contribution in [1.82, 2.24) is 0 Å². The molecule has 2 rings (SSSR count). The van der Waals surface area contributed by atoms with Gasteiger partial charge in [-0.25, -0.2) is 9.18 Å². The molecule has 0 unspecified atom stereocenters. The molecule has 0 spiro atoms. The monoisotopic (exact) mass is 352 g/mol. The van der Waals surface area contributed by atoms with Crippen molar-refractivity contribution in [3.05, 3.63) is 59.9 Å². The second kappa shape index (κ2) is 10.5.